The van der Waals surface area contributed by atoms with Crippen molar-refractivity contribution >= 4 is 0 Å². The van der Waals surface area contributed by atoms with Crippen molar-refractivity contribution < 1.29 is 9.47 Å². The van der Waals surface area contributed by atoms with Crippen LogP contribution in [0.5, 0.6) is 11.5 Å². The molecule has 1 atom stereocenters. The van der Waals surface area contributed by atoms with Gasteiger partial charge >= 0.3 is 0 Å². The Morgan fingerprint density at radius 1 is 1.40 bits per heavy atom. The molecule has 0 heterocycles. The molecule has 1 aromatic carbocycles. The molecule has 0 aliphatic rings. The molecule has 0 saturated heterocycles. The Hall–Kier alpha value is -1.77. The van der Waals surface area contributed by atoms with Crippen molar-refractivity contribution in [3.8, 4) is 17.6 Å². The van der Waals surface area contributed by atoms with Gasteiger partial charge in [-0.2, -0.15) is 5.26 Å². The Bertz CT molecular complexity index is 373. The van der Waals surface area contributed by atoms with E-state index in [4.69, 9.17) is 20.6 Å². The predicted octanol–water partition coefficient (Wildman–Crippen LogP) is 0.732. The number of hydrogen-bond donors (Lipinski definition) is 2. The van der Waals surface area contributed by atoms with Crippen LogP contribution in [-0.2, 0) is 0 Å². The van der Waals surface area contributed by atoms with Crippen LogP contribution in [0.3, 0.4) is 0 Å². The quantitative estimate of drug-likeness (QED) is 0.562. The minimum absolute atomic E-state index is 0.568. The standard InChI is InChI=1S/C10H13N3O2/c1-14-7-3-4-8(9(6-11)13-12)10(5-7)15-2/h3-5,9,13H,12H2,1-2H3. The van der Waals surface area contributed by atoms with Gasteiger partial charge < -0.3 is 9.47 Å². The van der Waals surface area contributed by atoms with E-state index in [9.17, 15) is 0 Å². The second-order valence-corrected chi connectivity index (χ2v) is 2.84. The molecule has 5 heteroatoms. The van der Waals surface area contributed by atoms with Crippen LogP contribution < -0.4 is 20.7 Å². The van der Waals surface area contributed by atoms with Gasteiger partial charge in [0.25, 0.3) is 0 Å². The minimum Gasteiger partial charge on any atom is -0.497 e. The average molecular weight is 207 g/mol. The van der Waals surface area contributed by atoms with Gasteiger partial charge in [0.05, 0.1) is 20.3 Å². The molecule has 5 nitrogen and oxygen atoms in total. The number of methoxy groups -OCH3 is 2. The van der Waals surface area contributed by atoms with Crippen LogP contribution in [0.2, 0.25) is 0 Å². The number of ether oxygens (including phenoxy) is 2. The summed E-state index contributed by atoms with van der Waals surface area (Å²) in [5.74, 6) is 6.49. The minimum atomic E-state index is -0.592. The average Bonchev–Trinajstić information content (AvgIpc) is 2.31. The zero-order chi connectivity index (χ0) is 11.3. The Morgan fingerprint density at radius 2 is 2.13 bits per heavy atom. The summed E-state index contributed by atoms with van der Waals surface area (Å²) in [6.45, 7) is 0. The fraction of sp³-hybridized carbons (Fsp3) is 0.300. The molecule has 0 bridgehead atoms. The molecule has 1 unspecified atom stereocenters. The number of nitrogens with one attached hydrogen (secondary N) is 1. The first-order valence-electron chi connectivity index (χ1n) is 4.34. The summed E-state index contributed by atoms with van der Waals surface area (Å²) in [5, 5.41) is 8.85. The summed E-state index contributed by atoms with van der Waals surface area (Å²) >= 11 is 0. The number of hydrazine groups is 1. The first kappa shape index (κ1) is 11.3. The van der Waals surface area contributed by atoms with Gasteiger partial charge in [0.2, 0.25) is 0 Å². The maximum Gasteiger partial charge on any atom is 0.137 e. The molecule has 0 amide bonds. The van der Waals surface area contributed by atoms with Crippen LogP contribution in [0, 0.1) is 11.3 Å². The smallest absolute Gasteiger partial charge is 0.137 e. The number of nitrogens with two attached hydrogens (primary N) is 1. The van der Waals surface area contributed by atoms with Gasteiger partial charge in [0.15, 0.2) is 0 Å². The van der Waals surface area contributed by atoms with Crippen molar-refractivity contribution in [2.45, 2.75) is 6.04 Å². The number of rotatable bonds is 4. The van der Waals surface area contributed by atoms with Crippen LogP contribution in [0.25, 0.3) is 0 Å². The van der Waals surface area contributed by atoms with Gasteiger partial charge in [-0.3, -0.25) is 5.84 Å². The monoisotopic (exact) mass is 207 g/mol. The van der Waals surface area contributed by atoms with Crippen molar-refractivity contribution in [1.29, 1.82) is 5.26 Å². The van der Waals surface area contributed by atoms with E-state index >= 15 is 0 Å². The van der Waals surface area contributed by atoms with Crippen molar-refractivity contribution in [1.82, 2.24) is 5.43 Å². The Balaban J connectivity index is 3.13. The summed E-state index contributed by atoms with van der Waals surface area (Å²) < 4.78 is 10.2. The zero-order valence-electron chi connectivity index (χ0n) is 8.65. The summed E-state index contributed by atoms with van der Waals surface area (Å²) in [7, 11) is 3.10. The highest BCUT2D eigenvalue weighted by molar-refractivity contribution is 5.44. The predicted molar refractivity (Wildman–Crippen MR) is 55.2 cm³/mol. The van der Waals surface area contributed by atoms with Crippen LogP contribution in [-0.4, -0.2) is 14.2 Å². The van der Waals surface area contributed by atoms with Gasteiger partial charge in [-0.05, 0) is 12.1 Å². The zero-order valence-corrected chi connectivity index (χ0v) is 8.65. The van der Waals surface area contributed by atoms with Crippen molar-refractivity contribution in [2.75, 3.05) is 14.2 Å². The van der Waals surface area contributed by atoms with E-state index < -0.39 is 6.04 Å². The number of benzene rings is 1. The lowest BCUT2D eigenvalue weighted by molar-refractivity contribution is 0.388. The molecule has 0 radical (unpaired) electrons. The van der Waals surface area contributed by atoms with E-state index in [1.807, 2.05) is 6.07 Å². The molecule has 15 heavy (non-hydrogen) atoms. The fourth-order valence-electron chi connectivity index (χ4n) is 1.25. The van der Waals surface area contributed by atoms with Crippen LogP contribution in [0.1, 0.15) is 11.6 Å². The van der Waals surface area contributed by atoms with Gasteiger partial charge in [-0.25, -0.2) is 5.43 Å². The first-order chi connectivity index (χ1) is 7.26. The summed E-state index contributed by atoms with van der Waals surface area (Å²) in [6.07, 6.45) is 0. The third-order valence-electron chi connectivity index (χ3n) is 2.05. The molecule has 0 aliphatic carbocycles. The van der Waals surface area contributed by atoms with E-state index in [0.717, 1.165) is 0 Å². The van der Waals surface area contributed by atoms with Crippen molar-refractivity contribution in [2.24, 2.45) is 5.84 Å². The highest BCUT2D eigenvalue weighted by Gasteiger charge is 2.14. The van der Waals surface area contributed by atoms with Gasteiger partial charge in [-0.1, -0.05) is 0 Å². The molecular formula is C10H13N3O2. The van der Waals surface area contributed by atoms with Gasteiger partial charge in [0.1, 0.15) is 17.5 Å². The van der Waals surface area contributed by atoms with Crippen LogP contribution >= 0.6 is 0 Å². The summed E-state index contributed by atoms with van der Waals surface area (Å²) in [4.78, 5) is 0. The lowest BCUT2D eigenvalue weighted by Gasteiger charge is -2.13. The van der Waals surface area contributed by atoms with E-state index in [1.54, 1.807) is 25.3 Å². The summed E-state index contributed by atoms with van der Waals surface area (Å²) in [6, 6.07) is 6.63. The van der Waals surface area contributed by atoms with E-state index in [2.05, 4.69) is 5.43 Å². The molecule has 0 aliphatic heterocycles. The molecular weight excluding hydrogens is 194 g/mol. The van der Waals surface area contributed by atoms with Gasteiger partial charge in [0, 0.05) is 11.6 Å². The van der Waals surface area contributed by atoms with Gasteiger partial charge in [-0.15, -0.1) is 0 Å². The highest BCUT2D eigenvalue weighted by Crippen LogP contribution is 2.28. The SMILES string of the molecule is COc1ccc(C(C#N)NN)c(OC)c1. The maximum atomic E-state index is 8.85. The molecule has 0 saturated carbocycles. The molecule has 80 valence electrons. The first-order valence-corrected chi connectivity index (χ1v) is 4.34. The van der Waals surface area contributed by atoms with Crippen molar-refractivity contribution in [3.63, 3.8) is 0 Å². The molecule has 1 aromatic rings. The number of hydrogen-bond acceptors (Lipinski definition) is 5. The van der Waals surface area contributed by atoms with E-state index in [-0.39, 0.29) is 0 Å². The Labute approximate surface area is 88.4 Å². The normalized spacial score (nSPS) is 11.6. The number of nitrogens with zero attached hydrogens (tertiary/aromatic N) is 1. The van der Waals surface area contributed by atoms with E-state index in [1.165, 1.54) is 7.11 Å². The molecule has 1 rings (SSSR count). The largest absolute Gasteiger partial charge is 0.497 e. The van der Waals surface area contributed by atoms with E-state index in [0.29, 0.717) is 17.1 Å². The Kier molecular flexibility index (Phi) is 3.92. The second-order valence-electron chi connectivity index (χ2n) is 2.84. The molecule has 0 aromatic heterocycles. The topological polar surface area (TPSA) is 80.3 Å². The van der Waals surface area contributed by atoms with Crippen molar-refractivity contribution in [3.05, 3.63) is 23.8 Å². The lowest BCUT2D eigenvalue weighted by atomic mass is 10.1. The van der Waals surface area contributed by atoms with Crippen LogP contribution in [0.4, 0.5) is 0 Å². The molecule has 0 fully saturated rings. The fourth-order valence-corrected chi connectivity index (χ4v) is 1.25. The Morgan fingerprint density at radius 3 is 2.60 bits per heavy atom. The second kappa shape index (κ2) is 5.20. The third kappa shape index (κ3) is 2.37. The highest BCUT2D eigenvalue weighted by atomic mass is 16.5. The summed E-state index contributed by atoms with van der Waals surface area (Å²) in [5.41, 5.74) is 3.08. The third-order valence-corrected chi connectivity index (χ3v) is 2.05. The van der Waals surface area contributed by atoms with Crippen LogP contribution in [0.15, 0.2) is 18.2 Å². The molecule has 0 spiro atoms. The number of nitriles is 1. The molecule has 3 N–H and O–H groups in total. The lowest BCUT2D eigenvalue weighted by Crippen LogP contribution is -2.27. The maximum absolute atomic E-state index is 8.85.